The Bertz CT molecular complexity index is 341. The minimum Gasteiger partial charge on any atom is -0.481 e. The van der Waals surface area contributed by atoms with Gasteiger partial charge in [-0.15, -0.1) is 0 Å². The molecule has 1 rings (SSSR count). The first-order chi connectivity index (χ1) is 6.82. The highest BCUT2D eigenvalue weighted by Gasteiger charge is 2.35. The van der Waals surface area contributed by atoms with Crippen molar-refractivity contribution in [3.05, 3.63) is 0 Å². The predicted molar refractivity (Wildman–Crippen MR) is 55.1 cm³/mol. The van der Waals surface area contributed by atoms with E-state index in [4.69, 9.17) is 5.11 Å². The summed E-state index contributed by atoms with van der Waals surface area (Å²) in [4.78, 5) is 10.6. The van der Waals surface area contributed by atoms with E-state index in [9.17, 15) is 13.2 Å². The van der Waals surface area contributed by atoms with Crippen LogP contribution in [0.2, 0.25) is 0 Å². The van der Waals surface area contributed by atoms with Gasteiger partial charge in [0.25, 0.3) is 0 Å². The van der Waals surface area contributed by atoms with Crippen molar-refractivity contribution in [2.24, 2.45) is 0 Å². The van der Waals surface area contributed by atoms with Gasteiger partial charge in [0.2, 0.25) is 10.0 Å². The third kappa shape index (κ3) is 3.15. The Balaban J connectivity index is 2.87. The van der Waals surface area contributed by atoms with E-state index >= 15 is 0 Å². The molecule has 1 aliphatic rings. The van der Waals surface area contributed by atoms with E-state index in [2.05, 4.69) is 5.32 Å². The Labute approximate surface area is 89.3 Å². The first-order valence-corrected chi connectivity index (χ1v) is 6.58. The summed E-state index contributed by atoms with van der Waals surface area (Å²) < 4.78 is 24.3. The van der Waals surface area contributed by atoms with Crippen molar-refractivity contribution < 1.29 is 18.3 Å². The Morgan fingerprint density at radius 2 is 2.13 bits per heavy atom. The number of rotatable bonds is 3. The Kier molecular flexibility index (Phi) is 3.69. The standard InChI is InChI=1S/C8H16N2O4S/c1-6-4-9-5-7(3-8(11)12)10(6)15(2,13)14/h6-7,9H,3-5H2,1-2H3,(H,11,12)/t6-,7+/m1/s1. The third-order valence-corrected chi connectivity index (χ3v) is 3.83. The first-order valence-electron chi connectivity index (χ1n) is 4.73. The lowest BCUT2D eigenvalue weighted by atomic mass is 10.1. The molecule has 6 nitrogen and oxygen atoms in total. The summed E-state index contributed by atoms with van der Waals surface area (Å²) in [7, 11) is -3.34. The van der Waals surface area contributed by atoms with Crippen molar-refractivity contribution in [3.8, 4) is 0 Å². The molecule has 7 heteroatoms. The summed E-state index contributed by atoms with van der Waals surface area (Å²) in [6.07, 6.45) is 0.952. The number of piperazine rings is 1. The van der Waals surface area contributed by atoms with Crippen LogP contribution in [-0.4, -0.2) is 55.2 Å². The number of carboxylic acid groups (broad SMARTS) is 1. The summed E-state index contributed by atoms with van der Waals surface area (Å²) in [6, 6.07) is -0.681. The molecule has 0 unspecified atom stereocenters. The van der Waals surface area contributed by atoms with Crippen LogP contribution >= 0.6 is 0 Å². The molecule has 88 valence electrons. The normalized spacial score (nSPS) is 28.9. The van der Waals surface area contributed by atoms with Crippen LogP contribution in [0.25, 0.3) is 0 Å². The fourth-order valence-electron chi connectivity index (χ4n) is 1.96. The number of aliphatic carboxylic acids is 1. The summed E-state index contributed by atoms with van der Waals surface area (Å²) in [5, 5.41) is 11.7. The van der Waals surface area contributed by atoms with Gasteiger partial charge in [0, 0.05) is 25.2 Å². The molecule has 2 N–H and O–H groups in total. The lowest BCUT2D eigenvalue weighted by molar-refractivity contribution is -0.138. The molecule has 1 fully saturated rings. The van der Waals surface area contributed by atoms with Crippen molar-refractivity contribution >= 4 is 16.0 Å². The average Bonchev–Trinajstić information content (AvgIpc) is 1.99. The van der Waals surface area contributed by atoms with Gasteiger partial charge in [0.1, 0.15) is 0 Å². The number of nitrogens with zero attached hydrogens (tertiary/aromatic N) is 1. The predicted octanol–water partition coefficient (Wildman–Crippen LogP) is -0.917. The molecule has 15 heavy (non-hydrogen) atoms. The number of nitrogens with one attached hydrogen (secondary N) is 1. The van der Waals surface area contributed by atoms with E-state index in [0.717, 1.165) is 6.26 Å². The lowest BCUT2D eigenvalue weighted by Crippen LogP contribution is -2.58. The zero-order valence-corrected chi connectivity index (χ0v) is 9.62. The van der Waals surface area contributed by atoms with E-state index in [-0.39, 0.29) is 12.5 Å². The topological polar surface area (TPSA) is 86.7 Å². The van der Waals surface area contributed by atoms with Gasteiger partial charge >= 0.3 is 5.97 Å². The summed E-state index contributed by atoms with van der Waals surface area (Å²) >= 11 is 0. The smallest absolute Gasteiger partial charge is 0.305 e. The Morgan fingerprint density at radius 3 is 2.60 bits per heavy atom. The maximum atomic E-state index is 11.5. The highest BCUT2D eigenvalue weighted by Crippen LogP contribution is 2.16. The molecule has 2 atom stereocenters. The highest BCUT2D eigenvalue weighted by molar-refractivity contribution is 7.88. The van der Waals surface area contributed by atoms with Crippen molar-refractivity contribution in [3.63, 3.8) is 0 Å². The van der Waals surface area contributed by atoms with Crippen LogP contribution in [0.3, 0.4) is 0 Å². The summed E-state index contributed by atoms with van der Waals surface area (Å²) in [5.74, 6) is -0.982. The maximum Gasteiger partial charge on any atom is 0.305 e. The molecule has 0 spiro atoms. The largest absolute Gasteiger partial charge is 0.481 e. The van der Waals surface area contributed by atoms with Crippen LogP contribution in [0, 0.1) is 0 Å². The van der Waals surface area contributed by atoms with Gasteiger partial charge < -0.3 is 10.4 Å². The van der Waals surface area contributed by atoms with Crippen LogP contribution in [0.5, 0.6) is 0 Å². The van der Waals surface area contributed by atoms with Crippen molar-refractivity contribution in [1.82, 2.24) is 9.62 Å². The van der Waals surface area contributed by atoms with Gasteiger partial charge in [0.15, 0.2) is 0 Å². The molecule has 0 aliphatic carbocycles. The van der Waals surface area contributed by atoms with Gasteiger partial charge in [-0.2, -0.15) is 4.31 Å². The lowest BCUT2D eigenvalue weighted by Gasteiger charge is -2.38. The average molecular weight is 236 g/mol. The third-order valence-electron chi connectivity index (χ3n) is 2.41. The molecule has 1 saturated heterocycles. The highest BCUT2D eigenvalue weighted by atomic mass is 32.2. The van der Waals surface area contributed by atoms with Gasteiger partial charge in [0.05, 0.1) is 12.7 Å². The minimum absolute atomic E-state index is 0.162. The molecule has 1 heterocycles. The quantitative estimate of drug-likeness (QED) is 0.662. The Morgan fingerprint density at radius 1 is 1.53 bits per heavy atom. The zero-order valence-electron chi connectivity index (χ0n) is 8.80. The zero-order chi connectivity index (χ0) is 11.6. The van der Waals surface area contributed by atoms with E-state index in [1.54, 1.807) is 6.92 Å². The SMILES string of the molecule is C[C@@H]1CNC[C@H](CC(=O)O)N1S(C)(=O)=O. The monoisotopic (exact) mass is 236 g/mol. The molecule has 0 bridgehead atoms. The fourth-order valence-corrected chi connectivity index (χ4v) is 3.38. The second-order valence-electron chi connectivity index (χ2n) is 3.85. The van der Waals surface area contributed by atoms with Gasteiger partial charge in [-0.25, -0.2) is 8.42 Å². The molecule has 0 aromatic rings. The van der Waals surface area contributed by atoms with Crippen LogP contribution in [0.1, 0.15) is 13.3 Å². The van der Waals surface area contributed by atoms with Crippen molar-refractivity contribution in [2.75, 3.05) is 19.3 Å². The number of carbonyl (C=O) groups is 1. The minimum atomic E-state index is -3.34. The summed E-state index contributed by atoms with van der Waals surface area (Å²) in [6.45, 7) is 2.72. The van der Waals surface area contributed by atoms with Crippen molar-refractivity contribution in [1.29, 1.82) is 0 Å². The van der Waals surface area contributed by atoms with E-state index < -0.39 is 22.0 Å². The van der Waals surface area contributed by atoms with Crippen LogP contribution in [0.15, 0.2) is 0 Å². The van der Waals surface area contributed by atoms with Crippen molar-refractivity contribution in [2.45, 2.75) is 25.4 Å². The van der Waals surface area contributed by atoms with E-state index in [1.807, 2.05) is 0 Å². The van der Waals surface area contributed by atoms with Gasteiger partial charge in [-0.1, -0.05) is 0 Å². The molecule has 0 radical (unpaired) electrons. The number of sulfonamides is 1. The number of carboxylic acids is 1. The van der Waals surface area contributed by atoms with Crippen LogP contribution in [0.4, 0.5) is 0 Å². The number of hydrogen-bond donors (Lipinski definition) is 2. The fraction of sp³-hybridized carbons (Fsp3) is 0.875. The number of hydrogen-bond acceptors (Lipinski definition) is 4. The van der Waals surface area contributed by atoms with E-state index in [1.165, 1.54) is 4.31 Å². The maximum absolute atomic E-state index is 11.5. The van der Waals surface area contributed by atoms with Gasteiger partial charge in [-0.3, -0.25) is 4.79 Å². The molecular formula is C8H16N2O4S. The first kappa shape index (κ1) is 12.4. The molecular weight excluding hydrogens is 220 g/mol. The molecule has 0 aromatic carbocycles. The van der Waals surface area contributed by atoms with Crippen LogP contribution < -0.4 is 5.32 Å². The Hall–Kier alpha value is -0.660. The van der Waals surface area contributed by atoms with Gasteiger partial charge in [-0.05, 0) is 6.92 Å². The molecule has 0 amide bonds. The van der Waals surface area contributed by atoms with E-state index in [0.29, 0.717) is 13.1 Å². The summed E-state index contributed by atoms with van der Waals surface area (Å²) in [5.41, 5.74) is 0. The second-order valence-corrected chi connectivity index (χ2v) is 5.74. The molecule has 0 aromatic heterocycles. The molecule has 1 aliphatic heterocycles. The molecule has 0 saturated carbocycles. The van der Waals surface area contributed by atoms with Crippen LogP contribution in [-0.2, 0) is 14.8 Å². The second kappa shape index (κ2) is 4.46.